The zero-order valence-electron chi connectivity index (χ0n) is 13.5. The molecule has 0 unspecified atom stereocenters. The molecule has 0 aliphatic heterocycles. The minimum atomic E-state index is 0.158. The number of para-hydroxylation sites is 1. The molecule has 3 aromatic rings. The number of nitrogen functional groups attached to an aromatic ring is 1. The maximum absolute atomic E-state index is 9.51. The van der Waals surface area contributed by atoms with Crippen molar-refractivity contribution in [3.8, 4) is 40.3 Å². The largest absolute Gasteiger partial charge is 0.496 e. The Morgan fingerprint density at radius 2 is 1.68 bits per heavy atom. The molecule has 0 aliphatic rings. The molecule has 1 aromatic heterocycles. The summed E-state index contributed by atoms with van der Waals surface area (Å²) in [7, 11) is 1.58. The Morgan fingerprint density at radius 1 is 0.960 bits per heavy atom. The second kappa shape index (κ2) is 6.74. The van der Waals surface area contributed by atoms with Crippen molar-refractivity contribution in [2.75, 3.05) is 12.8 Å². The Morgan fingerprint density at radius 3 is 2.32 bits per heavy atom. The highest BCUT2D eigenvalue weighted by Crippen LogP contribution is 2.36. The monoisotopic (exact) mass is 326 g/mol. The first kappa shape index (κ1) is 16.0. The van der Waals surface area contributed by atoms with Gasteiger partial charge in [-0.1, -0.05) is 30.3 Å². The second-order valence-electron chi connectivity index (χ2n) is 5.32. The normalized spacial score (nSPS) is 9.88. The number of ether oxygens (including phenoxy) is 1. The summed E-state index contributed by atoms with van der Waals surface area (Å²) in [5, 5.41) is 18.4. The first-order valence-electron chi connectivity index (χ1n) is 7.52. The summed E-state index contributed by atoms with van der Waals surface area (Å²) in [6.45, 7) is 0. The predicted molar refractivity (Wildman–Crippen MR) is 95.5 cm³/mol. The number of nitriles is 2. The summed E-state index contributed by atoms with van der Waals surface area (Å²) in [6, 6.07) is 20.5. The lowest BCUT2D eigenvalue weighted by molar-refractivity contribution is 0.416. The van der Waals surface area contributed by atoms with Crippen LogP contribution in [0, 0.1) is 22.7 Å². The van der Waals surface area contributed by atoms with E-state index in [1.807, 2.05) is 30.3 Å². The highest BCUT2D eigenvalue weighted by molar-refractivity contribution is 5.83. The van der Waals surface area contributed by atoms with Crippen LogP contribution in [-0.4, -0.2) is 12.1 Å². The third kappa shape index (κ3) is 2.99. The molecule has 120 valence electrons. The third-order valence-electron chi connectivity index (χ3n) is 3.87. The topological polar surface area (TPSA) is 95.7 Å². The zero-order chi connectivity index (χ0) is 17.8. The molecular formula is C20H14N4O. The van der Waals surface area contributed by atoms with Crippen LogP contribution < -0.4 is 10.5 Å². The van der Waals surface area contributed by atoms with Crippen molar-refractivity contribution in [1.29, 1.82) is 10.5 Å². The minimum absolute atomic E-state index is 0.158. The van der Waals surface area contributed by atoms with Crippen LogP contribution in [0.5, 0.6) is 5.75 Å². The van der Waals surface area contributed by atoms with Crippen molar-refractivity contribution in [3.05, 3.63) is 65.7 Å². The van der Waals surface area contributed by atoms with Crippen LogP contribution in [0.3, 0.4) is 0 Å². The summed E-state index contributed by atoms with van der Waals surface area (Å²) in [4.78, 5) is 4.34. The number of rotatable bonds is 3. The van der Waals surface area contributed by atoms with Crippen molar-refractivity contribution < 1.29 is 4.74 Å². The molecule has 2 N–H and O–H groups in total. The Kier molecular flexibility index (Phi) is 4.32. The minimum Gasteiger partial charge on any atom is -0.496 e. The zero-order valence-corrected chi connectivity index (χ0v) is 13.5. The van der Waals surface area contributed by atoms with Gasteiger partial charge in [-0.25, -0.2) is 4.98 Å². The standard InChI is InChI=1S/C20H14N4O/c1-25-19-5-3-2-4-15(19)16-10-18(24-20(23)17(16)12-22)14-8-6-13(11-21)7-9-14/h2-10H,1H3,(H2,23,24). The van der Waals surface area contributed by atoms with Gasteiger partial charge in [-0.15, -0.1) is 0 Å². The molecule has 5 nitrogen and oxygen atoms in total. The van der Waals surface area contributed by atoms with E-state index in [4.69, 9.17) is 15.7 Å². The number of nitrogens with two attached hydrogens (primary N) is 1. The van der Waals surface area contributed by atoms with Gasteiger partial charge in [-0.3, -0.25) is 0 Å². The van der Waals surface area contributed by atoms with E-state index in [-0.39, 0.29) is 5.82 Å². The fourth-order valence-corrected chi connectivity index (χ4v) is 2.63. The molecule has 0 atom stereocenters. The number of anilines is 1. The average Bonchev–Trinajstić information content (AvgIpc) is 2.67. The maximum Gasteiger partial charge on any atom is 0.142 e. The SMILES string of the molecule is COc1ccccc1-c1cc(-c2ccc(C#N)cc2)nc(N)c1C#N. The van der Waals surface area contributed by atoms with Gasteiger partial charge in [0.15, 0.2) is 0 Å². The summed E-state index contributed by atoms with van der Waals surface area (Å²) < 4.78 is 5.41. The van der Waals surface area contributed by atoms with E-state index in [9.17, 15) is 5.26 Å². The molecule has 0 radical (unpaired) electrons. The lowest BCUT2D eigenvalue weighted by Gasteiger charge is -2.13. The van der Waals surface area contributed by atoms with E-state index in [1.165, 1.54) is 0 Å². The van der Waals surface area contributed by atoms with Crippen molar-refractivity contribution in [1.82, 2.24) is 4.98 Å². The third-order valence-corrected chi connectivity index (χ3v) is 3.87. The van der Waals surface area contributed by atoms with Gasteiger partial charge >= 0.3 is 0 Å². The quantitative estimate of drug-likeness (QED) is 0.790. The van der Waals surface area contributed by atoms with Crippen LogP contribution in [0.1, 0.15) is 11.1 Å². The summed E-state index contributed by atoms with van der Waals surface area (Å²) in [6.07, 6.45) is 0. The molecule has 0 saturated heterocycles. The van der Waals surface area contributed by atoms with Gasteiger partial charge in [-0.05, 0) is 24.3 Å². The molecule has 25 heavy (non-hydrogen) atoms. The van der Waals surface area contributed by atoms with Crippen LogP contribution in [-0.2, 0) is 0 Å². The van der Waals surface area contributed by atoms with E-state index >= 15 is 0 Å². The molecule has 0 bridgehead atoms. The number of pyridine rings is 1. The number of aromatic nitrogens is 1. The Labute approximate surface area is 145 Å². The molecule has 0 amide bonds. The van der Waals surface area contributed by atoms with Crippen molar-refractivity contribution in [2.45, 2.75) is 0 Å². The lowest BCUT2D eigenvalue weighted by Crippen LogP contribution is -2.00. The number of nitrogens with zero attached hydrogens (tertiary/aromatic N) is 3. The molecule has 3 rings (SSSR count). The van der Waals surface area contributed by atoms with Crippen molar-refractivity contribution in [2.24, 2.45) is 0 Å². The van der Waals surface area contributed by atoms with Crippen LogP contribution in [0.2, 0.25) is 0 Å². The molecule has 0 spiro atoms. The van der Waals surface area contributed by atoms with Gasteiger partial charge in [-0.2, -0.15) is 10.5 Å². The fraction of sp³-hybridized carbons (Fsp3) is 0.0500. The smallest absolute Gasteiger partial charge is 0.142 e. The summed E-state index contributed by atoms with van der Waals surface area (Å²) in [5.74, 6) is 0.806. The number of methoxy groups -OCH3 is 1. The molecule has 1 heterocycles. The number of benzene rings is 2. The van der Waals surface area contributed by atoms with Gasteiger partial charge in [0.25, 0.3) is 0 Å². The van der Waals surface area contributed by atoms with Crippen LogP contribution >= 0.6 is 0 Å². The van der Waals surface area contributed by atoms with Gasteiger partial charge in [0, 0.05) is 16.7 Å². The summed E-state index contributed by atoms with van der Waals surface area (Å²) in [5.41, 5.74) is 9.77. The highest BCUT2D eigenvalue weighted by atomic mass is 16.5. The number of hydrogen-bond acceptors (Lipinski definition) is 5. The predicted octanol–water partition coefficient (Wildman–Crippen LogP) is 3.75. The molecule has 0 fully saturated rings. The Hall–Kier alpha value is -3.83. The summed E-state index contributed by atoms with van der Waals surface area (Å²) >= 11 is 0. The second-order valence-corrected chi connectivity index (χ2v) is 5.32. The van der Waals surface area contributed by atoms with E-state index in [1.54, 1.807) is 31.4 Å². The molecule has 0 aliphatic carbocycles. The molecular weight excluding hydrogens is 312 g/mol. The lowest BCUT2D eigenvalue weighted by atomic mass is 9.97. The average molecular weight is 326 g/mol. The Balaban J connectivity index is 2.23. The van der Waals surface area contributed by atoms with Crippen LogP contribution in [0.25, 0.3) is 22.4 Å². The van der Waals surface area contributed by atoms with E-state index in [0.29, 0.717) is 28.1 Å². The van der Waals surface area contributed by atoms with E-state index < -0.39 is 0 Å². The van der Waals surface area contributed by atoms with Gasteiger partial charge < -0.3 is 10.5 Å². The van der Waals surface area contributed by atoms with Crippen LogP contribution in [0.4, 0.5) is 5.82 Å². The van der Waals surface area contributed by atoms with Crippen molar-refractivity contribution in [3.63, 3.8) is 0 Å². The van der Waals surface area contributed by atoms with Gasteiger partial charge in [0.1, 0.15) is 23.2 Å². The molecule has 5 heteroatoms. The molecule has 0 saturated carbocycles. The first-order chi connectivity index (χ1) is 12.2. The fourth-order valence-electron chi connectivity index (χ4n) is 2.63. The van der Waals surface area contributed by atoms with Crippen molar-refractivity contribution >= 4 is 5.82 Å². The Bertz CT molecular complexity index is 1010. The molecule has 2 aromatic carbocycles. The highest BCUT2D eigenvalue weighted by Gasteiger charge is 2.16. The van der Waals surface area contributed by atoms with Crippen LogP contribution in [0.15, 0.2) is 54.6 Å². The maximum atomic E-state index is 9.51. The van der Waals surface area contributed by atoms with Gasteiger partial charge in [0.2, 0.25) is 0 Å². The van der Waals surface area contributed by atoms with E-state index in [2.05, 4.69) is 17.1 Å². The first-order valence-corrected chi connectivity index (χ1v) is 7.52. The van der Waals surface area contributed by atoms with Gasteiger partial charge in [0.05, 0.1) is 24.4 Å². The number of hydrogen-bond donors (Lipinski definition) is 1. The van der Waals surface area contributed by atoms with E-state index in [0.717, 1.165) is 11.1 Å².